The second-order valence-electron chi connectivity index (χ2n) is 5.32. The fraction of sp³-hybridized carbons (Fsp3) is 0.462. The molecule has 1 aliphatic rings. The van der Waals surface area contributed by atoms with Crippen LogP contribution < -0.4 is 40.0 Å². The van der Waals surface area contributed by atoms with E-state index in [1.54, 1.807) is 4.68 Å². The molecule has 124 valence electrons. The fourth-order valence-corrected chi connectivity index (χ4v) is 2.62. The van der Waals surface area contributed by atoms with Crippen LogP contribution in [0.5, 0.6) is 0 Å². The van der Waals surface area contributed by atoms with Gasteiger partial charge in [-0.25, -0.2) is 0 Å². The topological polar surface area (TPSA) is 98.7 Å². The van der Waals surface area contributed by atoms with Crippen LogP contribution >= 0.6 is 0 Å². The molecule has 7 nitrogen and oxygen atoms in total. The third-order valence-corrected chi connectivity index (χ3v) is 3.70. The molecule has 0 aromatic carbocycles. The molecule has 0 radical (unpaired) electrons. The summed E-state index contributed by atoms with van der Waals surface area (Å²) in [7, 11) is 0. The maximum Gasteiger partial charge on any atom is 1.00 e. The Hall–Kier alpha value is -1.36. The maximum absolute atomic E-state index is 12.5. The molecule has 0 saturated heterocycles. The zero-order valence-corrected chi connectivity index (χ0v) is 14.9. The molecule has 3 rings (SSSR count). The number of fused-ring (bicyclic) bond motifs is 1. The Morgan fingerprint density at radius 3 is 2.83 bits per heavy atom. The Labute approximate surface area is 156 Å². The minimum absolute atomic E-state index is 0. The molecule has 0 spiro atoms. The van der Waals surface area contributed by atoms with Crippen molar-refractivity contribution in [2.45, 2.75) is 38.1 Å². The van der Waals surface area contributed by atoms with E-state index in [9.17, 15) is 23.1 Å². The molecular weight excluding hydrogens is 338 g/mol. The predicted molar refractivity (Wildman–Crippen MR) is 69.0 cm³/mol. The van der Waals surface area contributed by atoms with Gasteiger partial charge < -0.3 is 15.2 Å². The first-order valence-corrected chi connectivity index (χ1v) is 6.98. The Morgan fingerprint density at radius 1 is 1.46 bits per heavy atom. The number of carbonyl (C=O) groups excluding carboxylic acids is 1. The van der Waals surface area contributed by atoms with Gasteiger partial charge in [0, 0.05) is 24.8 Å². The Morgan fingerprint density at radius 2 is 2.21 bits per heavy atom. The summed E-state index contributed by atoms with van der Waals surface area (Å²) < 4.78 is 39.1. The van der Waals surface area contributed by atoms with Crippen LogP contribution in [0.4, 0.5) is 13.2 Å². The van der Waals surface area contributed by atoms with Crippen LogP contribution in [0.3, 0.4) is 0 Å². The summed E-state index contributed by atoms with van der Waals surface area (Å²) in [6, 6.07) is 2.18. The molecule has 2 aromatic rings. The number of carbonyl (C=O) groups is 1. The number of nitrogens with zero attached hydrogens (tertiary/aromatic N) is 3. The van der Waals surface area contributed by atoms with Crippen LogP contribution in [0.25, 0.3) is 0 Å². The van der Waals surface area contributed by atoms with Crippen molar-refractivity contribution in [2.24, 2.45) is 0 Å². The summed E-state index contributed by atoms with van der Waals surface area (Å²) in [4.78, 5) is 10.9. The average Bonchev–Trinajstić information content (AvgIpc) is 3.11. The third kappa shape index (κ3) is 4.00. The van der Waals surface area contributed by atoms with E-state index >= 15 is 0 Å². The van der Waals surface area contributed by atoms with Crippen LogP contribution in [0.1, 0.15) is 46.5 Å². The first kappa shape index (κ1) is 19.0. The molecule has 0 bridgehead atoms. The predicted octanol–water partition coefficient (Wildman–Crippen LogP) is -2.38. The standard InChI is InChI=1S/C13H14F3N5O2.Na/c14-13(15,16)11-4-7(18-19-11)6-17-8-2-1-3-21-10(8)5-9(20-21)12(22)23;/h4-5,8,17H,1-3,6H2,(H,18,19)(H,22,23);/q;+1/p-1. The first-order chi connectivity index (χ1) is 10.8. The molecule has 0 aliphatic carbocycles. The summed E-state index contributed by atoms with van der Waals surface area (Å²) in [5.74, 6) is -1.35. The molecule has 2 N–H and O–H groups in total. The van der Waals surface area contributed by atoms with Crippen LogP contribution in [-0.2, 0) is 19.3 Å². The normalized spacial score (nSPS) is 17.2. The number of halogens is 3. The Balaban J connectivity index is 0.00000208. The minimum atomic E-state index is -4.48. The second-order valence-corrected chi connectivity index (χ2v) is 5.32. The molecule has 2 aromatic heterocycles. The van der Waals surface area contributed by atoms with Crippen LogP contribution in [0, 0.1) is 0 Å². The molecule has 0 amide bonds. The number of aromatic amines is 1. The first-order valence-electron chi connectivity index (χ1n) is 6.98. The van der Waals surface area contributed by atoms with Gasteiger partial charge in [-0.1, -0.05) is 0 Å². The molecular formula is C13H13F3N5NaO2. The van der Waals surface area contributed by atoms with Gasteiger partial charge in [0.05, 0.1) is 11.7 Å². The van der Waals surface area contributed by atoms with Crippen molar-refractivity contribution in [2.75, 3.05) is 0 Å². The van der Waals surface area contributed by atoms with E-state index in [4.69, 9.17) is 0 Å². The quantitative estimate of drug-likeness (QED) is 0.600. The molecule has 1 atom stereocenters. The molecule has 24 heavy (non-hydrogen) atoms. The van der Waals surface area contributed by atoms with Crippen molar-refractivity contribution in [1.29, 1.82) is 0 Å². The smallest absolute Gasteiger partial charge is 0.543 e. The van der Waals surface area contributed by atoms with Gasteiger partial charge in [-0.2, -0.15) is 23.4 Å². The maximum atomic E-state index is 12.5. The van der Waals surface area contributed by atoms with Crippen LogP contribution in [-0.4, -0.2) is 25.9 Å². The second kappa shape index (κ2) is 7.26. The number of hydrogen-bond acceptors (Lipinski definition) is 5. The summed E-state index contributed by atoms with van der Waals surface area (Å²) in [6.07, 6.45) is -2.96. The Bertz CT molecular complexity index is 728. The Kier molecular flexibility index (Phi) is 5.74. The number of aromatic carboxylic acids is 1. The average molecular weight is 351 g/mol. The van der Waals surface area contributed by atoms with Gasteiger partial charge in [0.1, 0.15) is 5.69 Å². The summed E-state index contributed by atoms with van der Waals surface area (Å²) in [6.45, 7) is 0.753. The van der Waals surface area contributed by atoms with E-state index in [1.165, 1.54) is 6.07 Å². The van der Waals surface area contributed by atoms with Crippen LogP contribution in [0.15, 0.2) is 12.1 Å². The molecule has 1 unspecified atom stereocenters. The van der Waals surface area contributed by atoms with Crippen molar-refractivity contribution >= 4 is 5.97 Å². The van der Waals surface area contributed by atoms with E-state index in [1.807, 2.05) is 0 Å². The van der Waals surface area contributed by atoms with Gasteiger partial charge in [0.2, 0.25) is 0 Å². The van der Waals surface area contributed by atoms with Crippen molar-refractivity contribution in [3.8, 4) is 0 Å². The molecule has 0 saturated carbocycles. The zero-order valence-electron chi connectivity index (χ0n) is 12.9. The van der Waals surface area contributed by atoms with Gasteiger partial charge in [-0.15, -0.1) is 0 Å². The number of aromatic nitrogens is 4. The van der Waals surface area contributed by atoms with E-state index in [0.29, 0.717) is 17.9 Å². The third-order valence-electron chi connectivity index (χ3n) is 3.70. The summed E-state index contributed by atoms with van der Waals surface area (Å²) >= 11 is 0. The van der Waals surface area contributed by atoms with Crippen molar-refractivity contribution in [3.05, 3.63) is 34.9 Å². The van der Waals surface area contributed by atoms with E-state index in [2.05, 4.69) is 20.6 Å². The van der Waals surface area contributed by atoms with E-state index < -0.39 is 17.8 Å². The molecule has 3 heterocycles. The number of hydrogen-bond donors (Lipinski definition) is 2. The van der Waals surface area contributed by atoms with Crippen molar-refractivity contribution in [3.63, 3.8) is 0 Å². The van der Waals surface area contributed by atoms with E-state index in [0.717, 1.165) is 18.9 Å². The molecule has 1 aliphatic heterocycles. The van der Waals surface area contributed by atoms with Gasteiger partial charge in [-0.3, -0.25) is 9.78 Å². The van der Waals surface area contributed by atoms with Gasteiger partial charge >= 0.3 is 35.7 Å². The number of carboxylic acid groups (broad SMARTS) is 1. The summed E-state index contributed by atoms with van der Waals surface area (Å²) in [5.41, 5.74) is -0.128. The van der Waals surface area contributed by atoms with Gasteiger partial charge in [-0.05, 0) is 25.0 Å². The number of aryl methyl sites for hydroxylation is 1. The number of nitrogens with one attached hydrogen (secondary N) is 2. The minimum Gasteiger partial charge on any atom is -0.543 e. The molecule has 11 heteroatoms. The molecule has 0 fully saturated rings. The van der Waals surface area contributed by atoms with Crippen LogP contribution in [0.2, 0.25) is 0 Å². The SMILES string of the molecule is O=C([O-])c1cc2n(n1)CCCC2NCc1cc(C(F)(F)F)n[nH]1.[Na+]. The summed E-state index contributed by atoms with van der Waals surface area (Å²) in [5, 5.41) is 23.5. The van der Waals surface area contributed by atoms with E-state index in [-0.39, 0.29) is 47.8 Å². The number of alkyl halides is 3. The largest absolute Gasteiger partial charge is 1.00 e. The number of rotatable bonds is 4. The number of H-pyrrole nitrogens is 1. The monoisotopic (exact) mass is 351 g/mol. The van der Waals surface area contributed by atoms with Gasteiger partial charge in [0.25, 0.3) is 0 Å². The fourth-order valence-electron chi connectivity index (χ4n) is 2.62. The zero-order chi connectivity index (χ0) is 16.6. The van der Waals surface area contributed by atoms with Crippen molar-refractivity contribution < 1.29 is 52.6 Å². The van der Waals surface area contributed by atoms with Crippen molar-refractivity contribution in [1.82, 2.24) is 25.3 Å². The van der Waals surface area contributed by atoms with Gasteiger partial charge in [0.15, 0.2) is 5.69 Å². The number of carboxylic acids is 1.